The van der Waals surface area contributed by atoms with Crippen LogP contribution in [-0.4, -0.2) is 16.0 Å². The summed E-state index contributed by atoms with van der Waals surface area (Å²) in [5.74, 6) is 0.906. The van der Waals surface area contributed by atoms with Crippen molar-refractivity contribution in [2.45, 2.75) is 13.3 Å². The number of furan rings is 1. The molecule has 1 amide bonds. The van der Waals surface area contributed by atoms with E-state index in [2.05, 4.69) is 29.5 Å². The van der Waals surface area contributed by atoms with E-state index in [1.54, 1.807) is 17.4 Å². The molecular formula is C27H19N3O3S. The first-order valence-electron chi connectivity index (χ1n) is 10.8. The zero-order valence-corrected chi connectivity index (χ0v) is 19.1. The third-order valence-electron chi connectivity index (χ3n) is 5.53. The molecule has 0 bridgehead atoms. The first kappa shape index (κ1) is 20.4. The molecule has 0 atom stereocenters. The smallest absolute Gasteiger partial charge is 0.230 e. The summed E-state index contributed by atoms with van der Waals surface area (Å²) in [5, 5.41) is 8.88. The van der Waals surface area contributed by atoms with Crippen molar-refractivity contribution >= 4 is 44.1 Å². The molecule has 0 aliphatic rings. The molecule has 166 valence electrons. The second-order valence-corrected chi connectivity index (χ2v) is 9.15. The molecule has 3 aromatic carbocycles. The number of aryl methyl sites for hydroxylation is 1. The number of nitrogens with zero attached hydrogens (tertiary/aromatic N) is 2. The maximum atomic E-state index is 12.5. The Bertz CT molecular complexity index is 1610. The van der Waals surface area contributed by atoms with Crippen molar-refractivity contribution in [1.29, 1.82) is 0 Å². The minimum atomic E-state index is -0.173. The van der Waals surface area contributed by atoms with Crippen molar-refractivity contribution in [3.05, 3.63) is 90.1 Å². The van der Waals surface area contributed by atoms with Gasteiger partial charge in [0.2, 0.25) is 11.7 Å². The van der Waals surface area contributed by atoms with Gasteiger partial charge in [-0.2, -0.15) is 0 Å². The summed E-state index contributed by atoms with van der Waals surface area (Å²) in [7, 11) is 0. The largest absolute Gasteiger partial charge is 0.453 e. The molecule has 0 spiro atoms. The van der Waals surface area contributed by atoms with Crippen LogP contribution in [0.25, 0.3) is 43.3 Å². The van der Waals surface area contributed by atoms with Crippen LogP contribution in [0.4, 0.5) is 5.69 Å². The number of benzene rings is 3. The number of fused-ring (bicyclic) bond motifs is 2. The number of amides is 1. The number of hydrogen-bond acceptors (Lipinski definition) is 6. The van der Waals surface area contributed by atoms with Gasteiger partial charge < -0.3 is 14.3 Å². The van der Waals surface area contributed by atoms with Crippen LogP contribution < -0.4 is 5.32 Å². The van der Waals surface area contributed by atoms with E-state index in [0.29, 0.717) is 22.9 Å². The molecule has 6 nitrogen and oxygen atoms in total. The molecule has 6 rings (SSSR count). The molecule has 6 aromatic rings. The summed E-state index contributed by atoms with van der Waals surface area (Å²) in [6.45, 7) is 2.08. The average Bonchev–Trinajstić information content (AvgIpc) is 3.57. The molecule has 0 aliphatic heterocycles. The third kappa shape index (κ3) is 3.97. The summed E-state index contributed by atoms with van der Waals surface area (Å²) in [5.41, 5.74) is 5.26. The quantitative estimate of drug-likeness (QED) is 0.301. The van der Waals surface area contributed by atoms with E-state index in [1.165, 1.54) is 10.3 Å². The lowest BCUT2D eigenvalue weighted by Crippen LogP contribution is -2.14. The minimum absolute atomic E-state index is 0.0999. The highest BCUT2D eigenvalue weighted by molar-refractivity contribution is 7.21. The lowest BCUT2D eigenvalue weighted by atomic mass is 10.2. The van der Waals surface area contributed by atoms with Gasteiger partial charge in [-0.3, -0.25) is 4.79 Å². The molecular weight excluding hydrogens is 446 g/mol. The van der Waals surface area contributed by atoms with Crippen LogP contribution in [0, 0.1) is 6.92 Å². The topological polar surface area (TPSA) is 81.2 Å². The number of thiazole rings is 1. The number of carbonyl (C=O) groups is 1. The minimum Gasteiger partial charge on any atom is -0.453 e. The summed E-state index contributed by atoms with van der Waals surface area (Å²) < 4.78 is 12.4. The van der Waals surface area contributed by atoms with Gasteiger partial charge in [-0.05, 0) is 61.0 Å². The van der Waals surface area contributed by atoms with Gasteiger partial charge in [0, 0.05) is 22.7 Å². The zero-order chi connectivity index (χ0) is 23.1. The highest BCUT2D eigenvalue weighted by atomic mass is 32.1. The first-order valence-corrected chi connectivity index (χ1v) is 11.6. The first-order chi connectivity index (χ1) is 16.6. The fraction of sp³-hybridized carbons (Fsp3) is 0.0741. The maximum absolute atomic E-state index is 12.5. The van der Waals surface area contributed by atoms with Crippen LogP contribution in [0.2, 0.25) is 0 Å². The second-order valence-electron chi connectivity index (χ2n) is 8.12. The molecule has 0 radical (unpaired) electrons. The molecule has 0 fully saturated rings. The number of para-hydroxylation sites is 1. The third-order valence-corrected chi connectivity index (χ3v) is 6.60. The molecule has 7 heteroatoms. The molecule has 34 heavy (non-hydrogen) atoms. The molecule has 0 aliphatic carbocycles. The molecule has 1 N–H and O–H groups in total. The van der Waals surface area contributed by atoms with Crippen LogP contribution in [0.15, 0.2) is 87.8 Å². The van der Waals surface area contributed by atoms with Gasteiger partial charge in [-0.25, -0.2) is 4.98 Å². The van der Waals surface area contributed by atoms with Crippen molar-refractivity contribution in [2.24, 2.45) is 0 Å². The van der Waals surface area contributed by atoms with Gasteiger partial charge in [-0.1, -0.05) is 29.4 Å². The Kier molecular flexibility index (Phi) is 4.96. The predicted octanol–water partition coefficient (Wildman–Crippen LogP) is 6.85. The molecule has 3 heterocycles. The maximum Gasteiger partial charge on any atom is 0.230 e. The van der Waals surface area contributed by atoms with E-state index in [1.807, 2.05) is 60.7 Å². The van der Waals surface area contributed by atoms with E-state index in [0.717, 1.165) is 27.1 Å². The van der Waals surface area contributed by atoms with Crippen molar-refractivity contribution < 1.29 is 13.7 Å². The Morgan fingerprint density at radius 3 is 2.68 bits per heavy atom. The summed E-state index contributed by atoms with van der Waals surface area (Å²) in [6, 6.07) is 25.3. The average molecular weight is 466 g/mol. The fourth-order valence-electron chi connectivity index (χ4n) is 3.84. The van der Waals surface area contributed by atoms with E-state index in [9.17, 15) is 4.79 Å². The highest BCUT2D eigenvalue weighted by Gasteiger charge is 2.14. The van der Waals surface area contributed by atoms with Gasteiger partial charge in [0.25, 0.3) is 0 Å². The Morgan fingerprint density at radius 2 is 1.82 bits per heavy atom. The SMILES string of the molecule is Cc1ccc2nc(-c3ccc(NC(=O)Cc4cc(-c5cc6ccccc6o5)on4)cc3)sc2c1. The standard InChI is InChI=1S/C27H19N3O3S/c1-16-6-11-21-25(12-16)34-27(29-21)17-7-9-19(10-8-17)28-26(31)15-20-14-24(33-30-20)23-13-18-4-2-3-5-22(18)32-23/h2-14H,15H2,1H3,(H,28,31). The fourth-order valence-corrected chi connectivity index (χ4v) is 4.90. The van der Waals surface area contributed by atoms with E-state index >= 15 is 0 Å². The van der Waals surface area contributed by atoms with Crippen molar-refractivity contribution in [3.63, 3.8) is 0 Å². The van der Waals surface area contributed by atoms with Crippen LogP contribution in [0.3, 0.4) is 0 Å². The predicted molar refractivity (Wildman–Crippen MR) is 134 cm³/mol. The number of aromatic nitrogens is 2. The zero-order valence-electron chi connectivity index (χ0n) is 18.2. The number of carbonyl (C=O) groups excluding carboxylic acids is 1. The number of anilines is 1. The van der Waals surface area contributed by atoms with Gasteiger partial charge in [0.1, 0.15) is 10.6 Å². The van der Waals surface area contributed by atoms with Crippen LogP contribution in [0.1, 0.15) is 11.3 Å². The van der Waals surface area contributed by atoms with Crippen molar-refractivity contribution in [3.8, 4) is 22.1 Å². The van der Waals surface area contributed by atoms with Crippen LogP contribution in [0.5, 0.6) is 0 Å². The van der Waals surface area contributed by atoms with Crippen LogP contribution >= 0.6 is 11.3 Å². The van der Waals surface area contributed by atoms with Gasteiger partial charge in [0.15, 0.2) is 5.76 Å². The Balaban J connectivity index is 1.13. The summed E-state index contributed by atoms with van der Waals surface area (Å²) in [6.07, 6.45) is 0.0999. The van der Waals surface area contributed by atoms with Crippen LogP contribution in [-0.2, 0) is 11.2 Å². The summed E-state index contributed by atoms with van der Waals surface area (Å²) in [4.78, 5) is 17.3. The molecule has 0 unspecified atom stereocenters. The summed E-state index contributed by atoms with van der Waals surface area (Å²) >= 11 is 1.66. The molecule has 0 saturated carbocycles. The van der Waals surface area contributed by atoms with Crippen molar-refractivity contribution in [2.75, 3.05) is 5.32 Å². The lowest BCUT2D eigenvalue weighted by molar-refractivity contribution is -0.115. The van der Waals surface area contributed by atoms with E-state index in [-0.39, 0.29) is 12.3 Å². The van der Waals surface area contributed by atoms with E-state index < -0.39 is 0 Å². The lowest BCUT2D eigenvalue weighted by Gasteiger charge is -2.04. The highest BCUT2D eigenvalue weighted by Crippen LogP contribution is 2.31. The number of hydrogen-bond donors (Lipinski definition) is 1. The molecule has 3 aromatic heterocycles. The normalized spacial score (nSPS) is 11.3. The Labute approximate surface area is 198 Å². The molecule has 0 saturated heterocycles. The van der Waals surface area contributed by atoms with E-state index in [4.69, 9.17) is 13.9 Å². The van der Waals surface area contributed by atoms with Gasteiger partial charge in [-0.15, -0.1) is 11.3 Å². The van der Waals surface area contributed by atoms with Gasteiger partial charge >= 0.3 is 0 Å². The van der Waals surface area contributed by atoms with Crippen molar-refractivity contribution in [1.82, 2.24) is 10.1 Å². The second kappa shape index (κ2) is 8.28. The number of rotatable bonds is 5. The number of nitrogens with one attached hydrogen (secondary N) is 1. The van der Waals surface area contributed by atoms with Gasteiger partial charge in [0.05, 0.1) is 22.3 Å². The Morgan fingerprint density at radius 1 is 0.971 bits per heavy atom. The monoisotopic (exact) mass is 465 g/mol. The Hall–Kier alpha value is -4.23.